The lowest BCUT2D eigenvalue weighted by Gasteiger charge is -2.25. The summed E-state index contributed by atoms with van der Waals surface area (Å²) in [5, 5.41) is 3.02. The van der Waals surface area contributed by atoms with E-state index < -0.39 is 10.0 Å². The third-order valence-electron chi connectivity index (χ3n) is 5.36. The van der Waals surface area contributed by atoms with Crippen LogP contribution in [0.15, 0.2) is 54.6 Å². The molecule has 156 valence electrons. The predicted molar refractivity (Wildman–Crippen MR) is 116 cm³/mol. The van der Waals surface area contributed by atoms with Crippen molar-refractivity contribution in [2.75, 3.05) is 13.1 Å². The standard InChI is InChI=1S/C23H30N2O3S/c1-19(10-11-20-8-4-2-5-9-20)24-23(26)22-14-12-21(13-15-22)18-29(27,28)25-16-6-3-7-17-25/h2,4-5,8-9,12-15,19H,3,6-7,10-11,16-18H2,1H3,(H,24,26). The first-order valence-corrected chi connectivity index (χ1v) is 12.0. The van der Waals surface area contributed by atoms with E-state index in [2.05, 4.69) is 17.4 Å². The Bertz CT molecular complexity index is 889. The predicted octanol–water partition coefficient (Wildman–Crippen LogP) is 3.75. The fourth-order valence-corrected chi connectivity index (χ4v) is 5.22. The van der Waals surface area contributed by atoms with Crippen LogP contribution < -0.4 is 5.32 Å². The summed E-state index contributed by atoms with van der Waals surface area (Å²) in [7, 11) is -3.29. The average Bonchev–Trinajstić information content (AvgIpc) is 2.74. The van der Waals surface area contributed by atoms with Crippen molar-refractivity contribution in [1.29, 1.82) is 0 Å². The second-order valence-corrected chi connectivity index (χ2v) is 9.78. The van der Waals surface area contributed by atoms with Crippen molar-refractivity contribution in [2.24, 2.45) is 0 Å². The Morgan fingerprint density at radius 3 is 2.28 bits per heavy atom. The molecule has 0 aliphatic carbocycles. The average molecular weight is 415 g/mol. The maximum atomic E-state index is 12.6. The third-order valence-corrected chi connectivity index (χ3v) is 7.21. The van der Waals surface area contributed by atoms with Crippen LogP contribution in [0.25, 0.3) is 0 Å². The van der Waals surface area contributed by atoms with E-state index in [1.165, 1.54) is 5.56 Å². The second kappa shape index (κ2) is 10.0. The van der Waals surface area contributed by atoms with Crippen molar-refractivity contribution in [3.8, 4) is 0 Å². The van der Waals surface area contributed by atoms with Gasteiger partial charge in [0.2, 0.25) is 10.0 Å². The van der Waals surface area contributed by atoms with Crippen LogP contribution in [0.5, 0.6) is 0 Å². The monoisotopic (exact) mass is 414 g/mol. The fraction of sp³-hybridized carbons (Fsp3) is 0.435. The number of benzene rings is 2. The number of nitrogens with one attached hydrogen (secondary N) is 1. The highest BCUT2D eigenvalue weighted by atomic mass is 32.2. The van der Waals surface area contributed by atoms with Gasteiger partial charge in [-0.05, 0) is 55.9 Å². The van der Waals surface area contributed by atoms with Crippen LogP contribution in [-0.4, -0.2) is 37.8 Å². The zero-order chi connectivity index (χ0) is 20.7. The Balaban J connectivity index is 1.51. The second-order valence-electron chi connectivity index (χ2n) is 7.81. The maximum Gasteiger partial charge on any atom is 0.251 e. The van der Waals surface area contributed by atoms with Crippen LogP contribution in [0.3, 0.4) is 0 Å². The molecule has 1 aliphatic heterocycles. The highest BCUT2D eigenvalue weighted by Gasteiger charge is 2.24. The van der Waals surface area contributed by atoms with E-state index in [1.54, 1.807) is 28.6 Å². The van der Waals surface area contributed by atoms with Gasteiger partial charge in [0.25, 0.3) is 5.91 Å². The molecule has 2 aromatic carbocycles. The SMILES string of the molecule is CC(CCc1ccccc1)NC(=O)c1ccc(CS(=O)(=O)N2CCCCC2)cc1. The van der Waals surface area contributed by atoms with Gasteiger partial charge in [0.15, 0.2) is 0 Å². The number of rotatable bonds is 8. The van der Waals surface area contributed by atoms with Gasteiger partial charge in [0.05, 0.1) is 5.75 Å². The number of aryl methyl sites for hydroxylation is 1. The smallest absolute Gasteiger partial charge is 0.251 e. The molecule has 0 bridgehead atoms. The maximum absolute atomic E-state index is 12.6. The number of hydrogen-bond donors (Lipinski definition) is 1. The molecule has 1 fully saturated rings. The van der Waals surface area contributed by atoms with Gasteiger partial charge in [-0.3, -0.25) is 4.79 Å². The molecule has 0 spiro atoms. The van der Waals surface area contributed by atoms with Gasteiger partial charge in [-0.15, -0.1) is 0 Å². The van der Waals surface area contributed by atoms with Crippen molar-refractivity contribution in [3.63, 3.8) is 0 Å². The van der Waals surface area contributed by atoms with Crippen LogP contribution in [0.2, 0.25) is 0 Å². The van der Waals surface area contributed by atoms with Crippen molar-refractivity contribution < 1.29 is 13.2 Å². The molecule has 0 aromatic heterocycles. The lowest BCUT2D eigenvalue weighted by atomic mass is 10.1. The first kappa shape index (κ1) is 21.5. The van der Waals surface area contributed by atoms with E-state index in [1.807, 2.05) is 25.1 Å². The van der Waals surface area contributed by atoms with Crippen molar-refractivity contribution in [1.82, 2.24) is 9.62 Å². The van der Waals surface area contributed by atoms with Crippen LogP contribution in [-0.2, 0) is 22.2 Å². The highest BCUT2D eigenvalue weighted by Crippen LogP contribution is 2.17. The molecule has 1 atom stereocenters. The summed E-state index contributed by atoms with van der Waals surface area (Å²) in [6.45, 7) is 3.23. The Morgan fingerprint density at radius 1 is 0.966 bits per heavy atom. The molecule has 5 nitrogen and oxygen atoms in total. The molecule has 2 aromatic rings. The minimum atomic E-state index is -3.29. The molecule has 1 aliphatic rings. The Kier molecular flexibility index (Phi) is 7.45. The summed E-state index contributed by atoms with van der Waals surface area (Å²) in [4.78, 5) is 12.5. The van der Waals surface area contributed by atoms with Gasteiger partial charge < -0.3 is 5.32 Å². The lowest BCUT2D eigenvalue weighted by molar-refractivity contribution is 0.0938. The number of amides is 1. The normalized spacial score (nSPS) is 16.3. The first-order valence-electron chi connectivity index (χ1n) is 10.4. The lowest BCUT2D eigenvalue weighted by Crippen LogP contribution is -2.36. The molecule has 3 rings (SSSR count). The molecule has 1 heterocycles. The summed E-state index contributed by atoms with van der Waals surface area (Å²) in [5.74, 6) is -0.140. The van der Waals surface area contributed by atoms with E-state index >= 15 is 0 Å². The molecule has 1 amide bonds. The molecular weight excluding hydrogens is 384 g/mol. The Labute approximate surface area is 174 Å². The van der Waals surface area contributed by atoms with Crippen molar-refractivity contribution >= 4 is 15.9 Å². The third kappa shape index (κ3) is 6.41. The minimum Gasteiger partial charge on any atom is -0.350 e. The molecule has 1 saturated heterocycles. The number of piperidine rings is 1. The number of carbonyl (C=O) groups is 1. The molecule has 0 saturated carbocycles. The van der Waals surface area contributed by atoms with E-state index in [0.717, 1.165) is 32.1 Å². The van der Waals surface area contributed by atoms with E-state index in [0.29, 0.717) is 24.2 Å². The van der Waals surface area contributed by atoms with E-state index in [-0.39, 0.29) is 17.7 Å². The van der Waals surface area contributed by atoms with Gasteiger partial charge in [-0.2, -0.15) is 0 Å². The van der Waals surface area contributed by atoms with Gasteiger partial charge in [-0.25, -0.2) is 12.7 Å². The van der Waals surface area contributed by atoms with Crippen molar-refractivity contribution in [2.45, 2.75) is 50.8 Å². The zero-order valence-electron chi connectivity index (χ0n) is 17.0. The number of nitrogens with zero attached hydrogens (tertiary/aromatic N) is 1. The molecule has 6 heteroatoms. The summed E-state index contributed by atoms with van der Waals surface area (Å²) in [6.07, 6.45) is 4.73. The van der Waals surface area contributed by atoms with Crippen molar-refractivity contribution in [3.05, 3.63) is 71.3 Å². The molecule has 1 N–H and O–H groups in total. The summed E-state index contributed by atoms with van der Waals surface area (Å²) >= 11 is 0. The molecule has 1 unspecified atom stereocenters. The van der Waals surface area contributed by atoms with Crippen LogP contribution >= 0.6 is 0 Å². The minimum absolute atomic E-state index is 0.0115. The Morgan fingerprint density at radius 2 is 1.62 bits per heavy atom. The molecule has 0 radical (unpaired) electrons. The van der Waals surface area contributed by atoms with Gasteiger partial charge >= 0.3 is 0 Å². The fourth-order valence-electron chi connectivity index (χ4n) is 3.60. The Hall–Kier alpha value is -2.18. The van der Waals surface area contributed by atoms with Gasteiger partial charge in [0.1, 0.15) is 0 Å². The van der Waals surface area contributed by atoms with E-state index in [9.17, 15) is 13.2 Å². The zero-order valence-corrected chi connectivity index (χ0v) is 17.8. The molecular formula is C23H30N2O3S. The van der Waals surface area contributed by atoms with Gasteiger partial charge in [-0.1, -0.05) is 48.9 Å². The first-order chi connectivity index (χ1) is 13.9. The van der Waals surface area contributed by atoms with Gasteiger partial charge in [0, 0.05) is 24.7 Å². The number of hydrogen-bond acceptors (Lipinski definition) is 3. The molecule has 29 heavy (non-hydrogen) atoms. The quantitative estimate of drug-likeness (QED) is 0.715. The van der Waals surface area contributed by atoms with Crippen LogP contribution in [0.1, 0.15) is 54.1 Å². The topological polar surface area (TPSA) is 66.5 Å². The highest BCUT2D eigenvalue weighted by molar-refractivity contribution is 7.88. The van der Waals surface area contributed by atoms with E-state index in [4.69, 9.17) is 0 Å². The summed E-state index contributed by atoms with van der Waals surface area (Å²) < 4.78 is 26.7. The number of carbonyl (C=O) groups excluding carboxylic acids is 1. The summed E-state index contributed by atoms with van der Waals surface area (Å²) in [6, 6.07) is 17.2. The van der Waals surface area contributed by atoms with Crippen LogP contribution in [0, 0.1) is 0 Å². The summed E-state index contributed by atoms with van der Waals surface area (Å²) in [5.41, 5.74) is 2.52. The number of sulfonamides is 1. The van der Waals surface area contributed by atoms with Crippen LogP contribution in [0.4, 0.5) is 0 Å². The largest absolute Gasteiger partial charge is 0.350 e.